The molecule has 7 nitrogen and oxygen atoms in total. The second-order valence-electron chi connectivity index (χ2n) is 13.5. The Morgan fingerprint density at radius 1 is 1.03 bits per heavy atom. The number of benzene rings is 1. The van der Waals surface area contributed by atoms with Gasteiger partial charge in [0, 0.05) is 30.5 Å². The van der Waals surface area contributed by atoms with Crippen molar-refractivity contribution in [2.75, 3.05) is 20.3 Å². The molecule has 8 heteroatoms. The van der Waals surface area contributed by atoms with Gasteiger partial charge in [-0.1, -0.05) is 40.0 Å². The van der Waals surface area contributed by atoms with Crippen molar-refractivity contribution in [3.8, 4) is 11.3 Å². The third kappa shape index (κ3) is 6.44. The Hall–Kier alpha value is -2.16. The van der Waals surface area contributed by atoms with Gasteiger partial charge < -0.3 is 14.6 Å². The molecule has 0 bridgehead atoms. The quantitative estimate of drug-likeness (QED) is 0.460. The maximum atomic E-state index is 13.8. The van der Waals surface area contributed by atoms with Crippen molar-refractivity contribution in [2.45, 2.75) is 109 Å². The lowest BCUT2D eigenvalue weighted by Gasteiger charge is -2.31. The zero-order valence-corrected chi connectivity index (χ0v) is 25.9. The average Bonchev–Trinajstić information content (AvgIpc) is 3.16. The van der Waals surface area contributed by atoms with Gasteiger partial charge in [0.25, 0.3) is 5.91 Å². The molecule has 1 N–H and O–H groups in total. The summed E-state index contributed by atoms with van der Waals surface area (Å²) in [6, 6.07) is 7.70. The van der Waals surface area contributed by atoms with Gasteiger partial charge in [0.1, 0.15) is 0 Å². The SMILES string of the molecule is Cc1c(C(=O)NC2COC2)cc(-c2cc(C(C)(C)C)cc(S(=O)(=O)N(C)C(C)(C)C)c2)n1CC1CCCCC1. The first kappa shape index (κ1) is 29.8. The molecule has 2 aromatic rings. The van der Waals surface area contributed by atoms with E-state index in [9.17, 15) is 13.2 Å². The van der Waals surface area contributed by atoms with Crippen molar-refractivity contribution in [3.63, 3.8) is 0 Å². The Kier molecular flexibility index (Phi) is 8.42. The van der Waals surface area contributed by atoms with Gasteiger partial charge in [-0.15, -0.1) is 0 Å². The fourth-order valence-electron chi connectivity index (χ4n) is 5.41. The number of hydrogen-bond acceptors (Lipinski definition) is 4. The summed E-state index contributed by atoms with van der Waals surface area (Å²) in [7, 11) is -2.11. The van der Waals surface area contributed by atoms with E-state index in [-0.39, 0.29) is 22.3 Å². The molecule has 1 aliphatic carbocycles. The second-order valence-corrected chi connectivity index (χ2v) is 15.5. The highest BCUT2D eigenvalue weighted by Gasteiger charge is 2.33. The molecular formula is C31H47N3O4S. The van der Waals surface area contributed by atoms with Crippen LogP contribution in [-0.4, -0.2) is 55.0 Å². The minimum absolute atomic E-state index is 0.0379. The zero-order chi connectivity index (χ0) is 28.8. The Balaban J connectivity index is 1.87. The van der Waals surface area contributed by atoms with Crippen molar-refractivity contribution >= 4 is 15.9 Å². The molecule has 2 heterocycles. The van der Waals surface area contributed by atoms with Crippen molar-refractivity contribution in [3.05, 3.63) is 41.1 Å². The van der Waals surface area contributed by atoms with Crippen LogP contribution in [0.1, 0.15) is 95.3 Å². The van der Waals surface area contributed by atoms with Crippen LogP contribution in [0.25, 0.3) is 11.3 Å². The normalized spacial score (nSPS) is 17.9. The van der Waals surface area contributed by atoms with Crippen LogP contribution in [0.2, 0.25) is 0 Å². The van der Waals surface area contributed by atoms with Gasteiger partial charge in [-0.05, 0) is 87.3 Å². The van der Waals surface area contributed by atoms with Crippen LogP contribution in [-0.2, 0) is 26.7 Å². The standard InChI is InChI=1S/C31H47N3O4S/c1-21-27(29(35)32-25-19-38-20-25)17-28(34(21)18-22-12-10-9-11-13-22)23-14-24(30(2,3)4)16-26(15-23)39(36,37)33(8)31(5,6)7/h14-17,22,25H,9-13,18-20H2,1-8H3,(H,32,35). The van der Waals surface area contributed by atoms with E-state index in [4.69, 9.17) is 4.74 Å². The van der Waals surface area contributed by atoms with E-state index in [1.54, 1.807) is 13.1 Å². The molecule has 1 aliphatic heterocycles. The predicted octanol–water partition coefficient (Wildman–Crippen LogP) is 5.89. The molecule has 1 saturated carbocycles. The first-order chi connectivity index (χ1) is 18.1. The summed E-state index contributed by atoms with van der Waals surface area (Å²) in [5.74, 6) is 0.442. The van der Waals surface area contributed by atoms with Crippen molar-refractivity contribution < 1.29 is 17.9 Å². The van der Waals surface area contributed by atoms with Gasteiger partial charge in [-0.2, -0.15) is 4.31 Å². The summed E-state index contributed by atoms with van der Waals surface area (Å²) >= 11 is 0. The third-order valence-electron chi connectivity index (χ3n) is 8.42. The van der Waals surface area contributed by atoms with Gasteiger partial charge in [0.2, 0.25) is 10.0 Å². The molecule has 4 rings (SSSR count). The van der Waals surface area contributed by atoms with E-state index < -0.39 is 15.6 Å². The number of carbonyl (C=O) groups excluding carboxylic acids is 1. The molecule has 1 amide bonds. The average molecular weight is 558 g/mol. The number of nitrogens with zero attached hydrogens (tertiary/aromatic N) is 2. The number of amides is 1. The maximum Gasteiger partial charge on any atom is 0.253 e. The molecule has 216 valence electrons. The lowest BCUT2D eigenvalue weighted by molar-refractivity contribution is -0.00347. The summed E-state index contributed by atoms with van der Waals surface area (Å²) in [5, 5.41) is 3.09. The number of nitrogens with one attached hydrogen (secondary N) is 1. The number of hydrogen-bond donors (Lipinski definition) is 1. The fraction of sp³-hybridized carbons (Fsp3) is 0.645. The van der Waals surface area contributed by atoms with Crippen LogP contribution in [0, 0.1) is 12.8 Å². The summed E-state index contributed by atoms with van der Waals surface area (Å²) in [4.78, 5) is 13.6. The topological polar surface area (TPSA) is 80.6 Å². The highest BCUT2D eigenvalue weighted by Crippen LogP contribution is 2.36. The smallest absolute Gasteiger partial charge is 0.253 e. The van der Waals surface area contributed by atoms with Gasteiger partial charge in [-0.25, -0.2) is 8.42 Å². The number of aromatic nitrogens is 1. The van der Waals surface area contributed by atoms with Crippen LogP contribution >= 0.6 is 0 Å². The Bertz CT molecular complexity index is 1300. The molecule has 0 unspecified atom stereocenters. The minimum Gasteiger partial charge on any atom is -0.377 e. The first-order valence-electron chi connectivity index (χ1n) is 14.3. The first-order valence-corrected chi connectivity index (χ1v) is 15.8. The van der Waals surface area contributed by atoms with Crippen molar-refractivity contribution in [1.82, 2.24) is 14.2 Å². The van der Waals surface area contributed by atoms with Gasteiger partial charge >= 0.3 is 0 Å². The summed E-state index contributed by atoms with van der Waals surface area (Å²) in [6.07, 6.45) is 6.10. The van der Waals surface area contributed by atoms with Gasteiger partial charge in [-0.3, -0.25) is 4.79 Å². The van der Waals surface area contributed by atoms with E-state index >= 15 is 0 Å². The van der Waals surface area contributed by atoms with Crippen LogP contribution < -0.4 is 5.32 Å². The summed E-state index contributed by atoms with van der Waals surface area (Å²) < 4.78 is 36.6. The zero-order valence-electron chi connectivity index (χ0n) is 25.1. The third-order valence-corrected chi connectivity index (χ3v) is 10.5. The van der Waals surface area contributed by atoms with E-state index in [1.165, 1.54) is 36.4 Å². The predicted molar refractivity (Wildman–Crippen MR) is 157 cm³/mol. The Morgan fingerprint density at radius 2 is 1.67 bits per heavy atom. The van der Waals surface area contributed by atoms with Crippen molar-refractivity contribution in [2.24, 2.45) is 5.92 Å². The summed E-state index contributed by atoms with van der Waals surface area (Å²) in [5.41, 5.74) is 3.41. The van der Waals surface area contributed by atoms with E-state index in [1.807, 2.05) is 39.8 Å². The van der Waals surface area contributed by atoms with E-state index in [2.05, 4.69) is 36.7 Å². The Labute approximate surface area is 235 Å². The monoisotopic (exact) mass is 557 g/mol. The number of sulfonamides is 1. The van der Waals surface area contributed by atoms with Crippen LogP contribution in [0.5, 0.6) is 0 Å². The molecule has 2 fully saturated rings. The maximum absolute atomic E-state index is 13.8. The molecule has 0 spiro atoms. The molecular weight excluding hydrogens is 510 g/mol. The Morgan fingerprint density at radius 3 is 2.21 bits per heavy atom. The number of carbonyl (C=O) groups is 1. The molecule has 1 aromatic heterocycles. The van der Waals surface area contributed by atoms with Crippen LogP contribution in [0.15, 0.2) is 29.2 Å². The van der Waals surface area contributed by atoms with E-state index in [0.29, 0.717) is 24.7 Å². The van der Waals surface area contributed by atoms with Crippen LogP contribution in [0.3, 0.4) is 0 Å². The van der Waals surface area contributed by atoms with Crippen LogP contribution in [0.4, 0.5) is 0 Å². The molecule has 0 radical (unpaired) electrons. The molecule has 39 heavy (non-hydrogen) atoms. The minimum atomic E-state index is -3.75. The van der Waals surface area contributed by atoms with Crippen molar-refractivity contribution in [1.29, 1.82) is 0 Å². The van der Waals surface area contributed by atoms with E-state index in [0.717, 1.165) is 29.1 Å². The molecule has 1 saturated heterocycles. The second kappa shape index (κ2) is 11.0. The highest BCUT2D eigenvalue weighted by atomic mass is 32.2. The number of rotatable bonds is 7. The van der Waals surface area contributed by atoms with Gasteiger partial charge in [0.05, 0.1) is 29.7 Å². The molecule has 0 atom stereocenters. The lowest BCUT2D eigenvalue weighted by Crippen LogP contribution is -2.48. The number of ether oxygens (including phenoxy) is 1. The highest BCUT2D eigenvalue weighted by molar-refractivity contribution is 7.89. The van der Waals surface area contributed by atoms with Gasteiger partial charge in [0.15, 0.2) is 0 Å². The molecule has 1 aromatic carbocycles. The molecule has 2 aliphatic rings. The largest absolute Gasteiger partial charge is 0.377 e. The summed E-state index contributed by atoms with van der Waals surface area (Å²) in [6.45, 7) is 15.9. The fourth-order valence-corrected chi connectivity index (χ4v) is 7.00. The lowest BCUT2D eigenvalue weighted by atomic mass is 9.86.